The third-order valence-electron chi connectivity index (χ3n) is 4.35. The lowest BCUT2D eigenvalue weighted by atomic mass is 10.1. The van der Waals surface area contributed by atoms with Gasteiger partial charge < -0.3 is 20.7 Å². The molecule has 0 aliphatic carbocycles. The van der Waals surface area contributed by atoms with Gasteiger partial charge in [-0.25, -0.2) is 4.99 Å². The molecular formula is C22H31IN4O2. The first-order valence-electron chi connectivity index (χ1n) is 9.54. The molecule has 0 bridgehead atoms. The van der Waals surface area contributed by atoms with E-state index >= 15 is 0 Å². The summed E-state index contributed by atoms with van der Waals surface area (Å²) in [4.78, 5) is 16.4. The molecule has 6 nitrogen and oxygen atoms in total. The molecule has 2 aromatic carbocycles. The van der Waals surface area contributed by atoms with E-state index in [2.05, 4.69) is 27.0 Å². The van der Waals surface area contributed by atoms with E-state index in [1.165, 1.54) is 0 Å². The Balaban J connectivity index is 0.00000420. The molecule has 0 saturated carbocycles. The quantitative estimate of drug-likeness (QED) is 0.290. The molecule has 0 radical (unpaired) electrons. The van der Waals surface area contributed by atoms with Gasteiger partial charge in [0.15, 0.2) is 5.96 Å². The maximum atomic E-state index is 11.8. The van der Waals surface area contributed by atoms with Gasteiger partial charge in [0.25, 0.3) is 5.91 Å². The van der Waals surface area contributed by atoms with Crippen molar-refractivity contribution >= 4 is 35.8 Å². The van der Waals surface area contributed by atoms with Crippen LogP contribution in [0, 0.1) is 6.92 Å². The lowest BCUT2D eigenvalue weighted by Gasteiger charge is -2.12. The summed E-state index contributed by atoms with van der Waals surface area (Å²) in [5, 5.41) is 9.27. The van der Waals surface area contributed by atoms with E-state index in [0.29, 0.717) is 12.1 Å². The highest BCUT2D eigenvalue weighted by Crippen LogP contribution is 2.18. The first-order valence-corrected chi connectivity index (χ1v) is 9.54. The van der Waals surface area contributed by atoms with Crippen LogP contribution in [0.3, 0.4) is 0 Å². The van der Waals surface area contributed by atoms with Crippen molar-refractivity contribution in [3.05, 3.63) is 64.7 Å². The second kappa shape index (κ2) is 13.0. The van der Waals surface area contributed by atoms with Gasteiger partial charge in [-0.05, 0) is 55.2 Å². The van der Waals surface area contributed by atoms with E-state index in [9.17, 15) is 4.79 Å². The van der Waals surface area contributed by atoms with E-state index in [4.69, 9.17) is 4.74 Å². The summed E-state index contributed by atoms with van der Waals surface area (Å²) < 4.78 is 5.30. The minimum atomic E-state index is -0.0699. The van der Waals surface area contributed by atoms with Gasteiger partial charge in [-0.1, -0.05) is 24.3 Å². The first kappa shape index (κ1) is 24.7. The van der Waals surface area contributed by atoms with Gasteiger partial charge >= 0.3 is 0 Å². The van der Waals surface area contributed by atoms with Crippen LogP contribution in [0.5, 0.6) is 5.75 Å². The number of carbonyl (C=O) groups is 1. The number of benzene rings is 2. The minimum absolute atomic E-state index is 0. The van der Waals surface area contributed by atoms with Gasteiger partial charge in [-0.2, -0.15) is 0 Å². The molecule has 29 heavy (non-hydrogen) atoms. The van der Waals surface area contributed by atoms with Gasteiger partial charge in [-0.15, -0.1) is 24.0 Å². The Kier molecular flexibility index (Phi) is 11.1. The molecule has 0 heterocycles. The van der Waals surface area contributed by atoms with E-state index in [0.717, 1.165) is 47.9 Å². The topological polar surface area (TPSA) is 74.8 Å². The van der Waals surface area contributed by atoms with E-state index in [-0.39, 0.29) is 29.9 Å². The number of guanidine groups is 1. The number of methoxy groups -OCH3 is 1. The van der Waals surface area contributed by atoms with Gasteiger partial charge in [-0.3, -0.25) is 4.79 Å². The molecule has 0 unspecified atom stereocenters. The smallest absolute Gasteiger partial charge is 0.251 e. The zero-order valence-electron chi connectivity index (χ0n) is 17.5. The lowest BCUT2D eigenvalue weighted by Crippen LogP contribution is -2.38. The summed E-state index contributed by atoms with van der Waals surface area (Å²) in [7, 11) is 3.32. The number of nitrogens with zero attached hydrogens (tertiary/aromatic N) is 1. The minimum Gasteiger partial charge on any atom is -0.496 e. The SMILES string of the molecule is CCNC(=NCc1ccc(OC)c(C)c1)NCCc1cccc(C(=O)NC)c1.I. The average Bonchev–Trinajstić information content (AvgIpc) is 2.71. The largest absolute Gasteiger partial charge is 0.496 e. The number of carbonyl (C=O) groups excluding carboxylic acids is 1. The number of hydrogen-bond acceptors (Lipinski definition) is 3. The van der Waals surface area contributed by atoms with Crippen LogP contribution in [0.25, 0.3) is 0 Å². The number of nitrogens with one attached hydrogen (secondary N) is 3. The molecule has 0 atom stereocenters. The number of ether oxygens (including phenoxy) is 1. The summed E-state index contributed by atoms with van der Waals surface area (Å²) in [6.45, 7) is 6.18. The maximum absolute atomic E-state index is 11.8. The van der Waals surface area contributed by atoms with Gasteiger partial charge in [0.05, 0.1) is 13.7 Å². The van der Waals surface area contributed by atoms with Crippen molar-refractivity contribution in [3.63, 3.8) is 0 Å². The second-order valence-corrected chi connectivity index (χ2v) is 6.46. The van der Waals surface area contributed by atoms with Crippen molar-refractivity contribution in [2.45, 2.75) is 26.8 Å². The molecule has 1 amide bonds. The molecule has 3 N–H and O–H groups in total. The summed E-state index contributed by atoms with van der Waals surface area (Å²) >= 11 is 0. The number of halogens is 1. The van der Waals surface area contributed by atoms with Gasteiger partial charge in [0.2, 0.25) is 0 Å². The lowest BCUT2D eigenvalue weighted by molar-refractivity contribution is 0.0963. The van der Waals surface area contributed by atoms with E-state index < -0.39 is 0 Å². The highest BCUT2D eigenvalue weighted by atomic mass is 127. The molecule has 0 aliphatic rings. The van der Waals surface area contributed by atoms with Crippen molar-refractivity contribution in [1.82, 2.24) is 16.0 Å². The average molecular weight is 510 g/mol. The molecule has 0 spiro atoms. The highest BCUT2D eigenvalue weighted by Gasteiger charge is 2.04. The van der Waals surface area contributed by atoms with Crippen LogP contribution in [-0.2, 0) is 13.0 Å². The fraction of sp³-hybridized carbons (Fsp3) is 0.364. The molecule has 0 fully saturated rings. The van der Waals surface area contributed by atoms with Gasteiger partial charge in [0, 0.05) is 25.7 Å². The van der Waals surface area contributed by atoms with Crippen molar-refractivity contribution in [3.8, 4) is 5.75 Å². The normalized spacial score (nSPS) is 10.7. The van der Waals surface area contributed by atoms with Crippen LogP contribution < -0.4 is 20.7 Å². The maximum Gasteiger partial charge on any atom is 0.251 e. The fourth-order valence-corrected chi connectivity index (χ4v) is 2.89. The molecule has 0 aromatic heterocycles. The Morgan fingerprint density at radius 3 is 2.55 bits per heavy atom. The number of rotatable bonds is 8. The van der Waals surface area contributed by atoms with Crippen molar-refractivity contribution in [1.29, 1.82) is 0 Å². The molecule has 7 heteroatoms. The van der Waals surface area contributed by atoms with E-state index in [1.807, 2.05) is 50.2 Å². The highest BCUT2D eigenvalue weighted by molar-refractivity contribution is 14.0. The summed E-state index contributed by atoms with van der Waals surface area (Å²) in [5.41, 5.74) is 4.02. The van der Waals surface area contributed by atoms with Crippen LogP contribution in [0.15, 0.2) is 47.5 Å². The van der Waals surface area contributed by atoms with Crippen LogP contribution in [-0.4, -0.2) is 39.1 Å². The number of aliphatic imine (C=N–C) groups is 1. The van der Waals surface area contributed by atoms with Crippen molar-refractivity contribution in [2.24, 2.45) is 4.99 Å². The predicted molar refractivity (Wildman–Crippen MR) is 130 cm³/mol. The Labute approximate surface area is 190 Å². The third kappa shape index (κ3) is 7.92. The van der Waals surface area contributed by atoms with Crippen LogP contribution >= 0.6 is 24.0 Å². The summed E-state index contributed by atoms with van der Waals surface area (Å²) in [5.74, 6) is 1.59. The Bertz CT molecular complexity index is 824. The molecule has 2 rings (SSSR count). The van der Waals surface area contributed by atoms with E-state index in [1.54, 1.807) is 14.2 Å². The Morgan fingerprint density at radius 2 is 1.90 bits per heavy atom. The van der Waals surface area contributed by atoms with Crippen molar-refractivity contribution in [2.75, 3.05) is 27.2 Å². The second-order valence-electron chi connectivity index (χ2n) is 6.46. The standard InChI is InChI=1S/C22H30N4O2.HI/c1-5-24-22(26-15-18-9-10-20(28-4)16(2)13-18)25-12-11-17-7-6-8-19(14-17)21(27)23-3;/h6-10,13-14H,5,11-12,15H2,1-4H3,(H,23,27)(H2,24,25,26);1H. The summed E-state index contributed by atoms with van der Waals surface area (Å²) in [6, 6.07) is 13.8. The Morgan fingerprint density at radius 1 is 1.10 bits per heavy atom. The molecular weight excluding hydrogens is 479 g/mol. The summed E-state index contributed by atoms with van der Waals surface area (Å²) in [6.07, 6.45) is 0.802. The van der Waals surface area contributed by atoms with Gasteiger partial charge in [0.1, 0.15) is 5.75 Å². The zero-order valence-corrected chi connectivity index (χ0v) is 19.9. The Hall–Kier alpha value is -2.29. The molecule has 0 saturated heterocycles. The fourth-order valence-electron chi connectivity index (χ4n) is 2.89. The molecule has 0 aliphatic heterocycles. The number of amides is 1. The predicted octanol–water partition coefficient (Wildman–Crippen LogP) is 3.28. The monoisotopic (exact) mass is 510 g/mol. The van der Waals surface area contributed by atoms with Crippen molar-refractivity contribution < 1.29 is 9.53 Å². The third-order valence-corrected chi connectivity index (χ3v) is 4.35. The zero-order chi connectivity index (χ0) is 20.4. The molecule has 2 aromatic rings. The van der Waals surface area contributed by atoms with Crippen LogP contribution in [0.4, 0.5) is 0 Å². The molecule has 158 valence electrons. The number of aryl methyl sites for hydroxylation is 1. The number of hydrogen-bond donors (Lipinski definition) is 3. The first-order chi connectivity index (χ1) is 13.6. The van der Waals surface area contributed by atoms with Crippen LogP contribution in [0.1, 0.15) is 34.0 Å². The van der Waals surface area contributed by atoms with Crippen LogP contribution in [0.2, 0.25) is 0 Å².